The van der Waals surface area contributed by atoms with Crippen LogP contribution in [0.15, 0.2) is 23.1 Å². The first-order valence-electron chi connectivity index (χ1n) is 8.59. The molecule has 7 heteroatoms. The Hall–Kier alpha value is -2.41. The van der Waals surface area contributed by atoms with E-state index in [4.69, 9.17) is 0 Å². The van der Waals surface area contributed by atoms with Gasteiger partial charge in [-0.25, -0.2) is 0 Å². The fraction of sp³-hybridized carbons (Fsp3) is 0.500. The first-order valence-corrected chi connectivity index (χ1v) is 8.59. The number of amides is 1. The van der Waals surface area contributed by atoms with Gasteiger partial charge in [0.1, 0.15) is 5.65 Å². The maximum atomic E-state index is 12.5. The zero-order chi connectivity index (χ0) is 18.6. The zero-order valence-electron chi connectivity index (χ0n) is 15.2. The Morgan fingerprint density at radius 1 is 1.40 bits per heavy atom. The normalized spacial score (nSPS) is 12.5. The summed E-state index contributed by atoms with van der Waals surface area (Å²) in [4.78, 5) is 31.1. The number of hydrogen-bond acceptors (Lipinski definition) is 5. The number of nitrogens with zero attached hydrogens (tertiary/aromatic N) is 3. The van der Waals surface area contributed by atoms with Crippen LogP contribution in [-0.2, 0) is 0 Å². The van der Waals surface area contributed by atoms with Crippen LogP contribution in [-0.4, -0.2) is 51.5 Å². The monoisotopic (exact) mass is 346 g/mol. The number of fused-ring (bicyclic) bond motifs is 1. The lowest BCUT2D eigenvalue weighted by atomic mass is 10.1. The van der Waals surface area contributed by atoms with Gasteiger partial charge in [-0.05, 0) is 43.6 Å². The van der Waals surface area contributed by atoms with Gasteiger partial charge in [-0.2, -0.15) is 4.98 Å². The van der Waals surface area contributed by atoms with Crippen LogP contribution in [0.5, 0.6) is 5.88 Å². The average Bonchev–Trinajstić information content (AvgIpc) is 2.57. The van der Waals surface area contributed by atoms with Crippen LogP contribution in [0.3, 0.4) is 0 Å². The molecule has 0 unspecified atom stereocenters. The van der Waals surface area contributed by atoms with Gasteiger partial charge >= 0.3 is 0 Å². The van der Waals surface area contributed by atoms with Crippen LogP contribution in [0.2, 0.25) is 0 Å². The largest absolute Gasteiger partial charge is 0.493 e. The van der Waals surface area contributed by atoms with E-state index in [0.717, 1.165) is 25.2 Å². The average molecular weight is 346 g/mol. The molecule has 0 radical (unpaired) electrons. The Kier molecular flexibility index (Phi) is 6.14. The van der Waals surface area contributed by atoms with E-state index in [1.165, 1.54) is 4.40 Å². The first-order chi connectivity index (χ1) is 11.9. The topological polar surface area (TPSA) is 86.9 Å². The summed E-state index contributed by atoms with van der Waals surface area (Å²) in [6.45, 7) is 11.3. The highest BCUT2D eigenvalue weighted by atomic mass is 16.3. The van der Waals surface area contributed by atoms with Crippen LogP contribution < -0.4 is 10.9 Å². The molecule has 1 amide bonds. The van der Waals surface area contributed by atoms with E-state index in [9.17, 15) is 14.7 Å². The molecule has 0 bridgehead atoms. The minimum Gasteiger partial charge on any atom is -0.493 e. The van der Waals surface area contributed by atoms with Gasteiger partial charge in [-0.3, -0.25) is 14.0 Å². The number of rotatable bonds is 7. The molecule has 0 aliphatic heterocycles. The van der Waals surface area contributed by atoms with Crippen molar-refractivity contribution in [1.29, 1.82) is 0 Å². The SMILES string of the molecule is CCN(CC)C[C@H](C)CNC(=O)c1c(O)nc2cc(C)ccn2c1=O. The van der Waals surface area contributed by atoms with E-state index < -0.39 is 17.3 Å². The molecular formula is C18H26N4O3. The molecule has 2 aromatic rings. The fourth-order valence-electron chi connectivity index (χ4n) is 2.77. The molecule has 0 saturated heterocycles. The fourth-order valence-corrected chi connectivity index (χ4v) is 2.77. The molecule has 0 fully saturated rings. The van der Waals surface area contributed by atoms with E-state index in [-0.39, 0.29) is 11.5 Å². The van der Waals surface area contributed by atoms with E-state index in [0.29, 0.717) is 12.2 Å². The Morgan fingerprint density at radius 3 is 2.72 bits per heavy atom. The molecule has 0 aromatic carbocycles. The van der Waals surface area contributed by atoms with Crippen LogP contribution >= 0.6 is 0 Å². The number of aromatic hydroxyl groups is 1. The highest BCUT2D eigenvalue weighted by molar-refractivity contribution is 5.96. The van der Waals surface area contributed by atoms with Crippen molar-refractivity contribution >= 4 is 11.6 Å². The molecule has 2 aromatic heterocycles. The molecule has 1 atom stereocenters. The number of hydrogen-bond donors (Lipinski definition) is 2. The summed E-state index contributed by atoms with van der Waals surface area (Å²) in [5, 5.41) is 12.8. The lowest BCUT2D eigenvalue weighted by Crippen LogP contribution is -2.37. The van der Waals surface area contributed by atoms with Crippen molar-refractivity contribution in [3.8, 4) is 5.88 Å². The third-order valence-corrected chi connectivity index (χ3v) is 4.27. The summed E-state index contributed by atoms with van der Waals surface area (Å²) in [6, 6.07) is 3.43. The maximum absolute atomic E-state index is 12.5. The predicted octanol–water partition coefficient (Wildman–Crippen LogP) is 1.42. The summed E-state index contributed by atoms with van der Waals surface area (Å²) in [5.41, 5.74) is 0.329. The van der Waals surface area contributed by atoms with E-state index >= 15 is 0 Å². The van der Waals surface area contributed by atoms with Crippen molar-refractivity contribution in [1.82, 2.24) is 19.6 Å². The Balaban J connectivity index is 2.17. The minimum absolute atomic E-state index is 0.227. The molecule has 2 heterocycles. The lowest BCUT2D eigenvalue weighted by molar-refractivity contribution is 0.0939. The summed E-state index contributed by atoms with van der Waals surface area (Å²) in [7, 11) is 0. The number of aromatic nitrogens is 2. The third-order valence-electron chi connectivity index (χ3n) is 4.27. The van der Waals surface area contributed by atoms with E-state index in [1.807, 2.05) is 13.8 Å². The summed E-state index contributed by atoms with van der Waals surface area (Å²) in [5.74, 6) is -0.911. The van der Waals surface area contributed by atoms with Gasteiger partial charge in [-0.1, -0.05) is 20.8 Å². The second-order valence-corrected chi connectivity index (χ2v) is 6.35. The molecule has 0 spiro atoms. The summed E-state index contributed by atoms with van der Waals surface area (Å²) in [6.07, 6.45) is 1.55. The van der Waals surface area contributed by atoms with Crippen molar-refractivity contribution in [3.63, 3.8) is 0 Å². The van der Waals surface area contributed by atoms with Crippen molar-refractivity contribution < 1.29 is 9.90 Å². The maximum Gasteiger partial charge on any atom is 0.274 e. The van der Waals surface area contributed by atoms with Gasteiger partial charge < -0.3 is 15.3 Å². The second kappa shape index (κ2) is 8.11. The molecule has 2 rings (SSSR count). The summed E-state index contributed by atoms with van der Waals surface area (Å²) < 4.78 is 1.26. The third kappa shape index (κ3) is 4.36. The minimum atomic E-state index is -0.601. The highest BCUT2D eigenvalue weighted by Crippen LogP contribution is 2.12. The zero-order valence-corrected chi connectivity index (χ0v) is 15.2. The van der Waals surface area contributed by atoms with Gasteiger partial charge in [-0.15, -0.1) is 0 Å². The highest BCUT2D eigenvalue weighted by Gasteiger charge is 2.20. The molecule has 7 nitrogen and oxygen atoms in total. The molecular weight excluding hydrogens is 320 g/mol. The summed E-state index contributed by atoms with van der Waals surface area (Å²) >= 11 is 0. The molecule has 136 valence electrons. The van der Waals surface area contributed by atoms with Crippen LogP contribution in [0, 0.1) is 12.8 Å². The molecule has 25 heavy (non-hydrogen) atoms. The van der Waals surface area contributed by atoms with Crippen molar-refractivity contribution in [2.45, 2.75) is 27.7 Å². The molecule has 0 aliphatic rings. The number of pyridine rings is 1. The quantitative estimate of drug-likeness (QED) is 0.792. The predicted molar refractivity (Wildman–Crippen MR) is 97.1 cm³/mol. The Morgan fingerprint density at radius 2 is 2.08 bits per heavy atom. The standard InChI is InChI=1S/C18H26N4O3/c1-5-21(6-2)11-13(4)10-19-16(23)15-17(24)20-14-9-12(3)7-8-22(14)18(15)25/h7-9,13,24H,5-6,10-11H2,1-4H3,(H,19,23)/t13-/m1/s1. The van der Waals surface area contributed by atoms with Crippen molar-refractivity contribution in [2.75, 3.05) is 26.2 Å². The van der Waals surface area contributed by atoms with Crippen LogP contribution in [0.1, 0.15) is 36.7 Å². The second-order valence-electron chi connectivity index (χ2n) is 6.35. The van der Waals surface area contributed by atoms with Crippen LogP contribution in [0.25, 0.3) is 5.65 Å². The van der Waals surface area contributed by atoms with Gasteiger partial charge in [0, 0.05) is 19.3 Å². The van der Waals surface area contributed by atoms with Gasteiger partial charge in [0.15, 0.2) is 5.56 Å². The van der Waals surface area contributed by atoms with E-state index in [1.54, 1.807) is 18.3 Å². The lowest BCUT2D eigenvalue weighted by Gasteiger charge is -2.22. The van der Waals surface area contributed by atoms with Gasteiger partial charge in [0.2, 0.25) is 5.88 Å². The van der Waals surface area contributed by atoms with Crippen molar-refractivity contribution in [3.05, 3.63) is 39.8 Å². The Bertz CT molecular complexity index is 812. The first kappa shape index (κ1) is 18.9. The molecule has 0 saturated carbocycles. The number of carbonyl (C=O) groups excluding carboxylic acids is 1. The Labute approximate surface area is 147 Å². The van der Waals surface area contributed by atoms with Gasteiger partial charge in [0.05, 0.1) is 0 Å². The number of nitrogens with one attached hydrogen (secondary N) is 1. The number of aryl methyl sites for hydroxylation is 1. The van der Waals surface area contributed by atoms with Crippen LogP contribution in [0.4, 0.5) is 0 Å². The smallest absolute Gasteiger partial charge is 0.274 e. The molecule has 0 aliphatic carbocycles. The molecule has 2 N–H and O–H groups in total. The number of carbonyl (C=O) groups is 1. The van der Waals surface area contributed by atoms with Crippen molar-refractivity contribution in [2.24, 2.45) is 5.92 Å². The van der Waals surface area contributed by atoms with E-state index in [2.05, 4.69) is 29.0 Å². The van der Waals surface area contributed by atoms with Gasteiger partial charge in [0.25, 0.3) is 11.5 Å².